The number of hydrogen-bond acceptors (Lipinski definition) is 5. The fraction of sp³-hybridized carbons (Fsp3) is 0.412. The summed E-state index contributed by atoms with van der Waals surface area (Å²) in [4.78, 5) is 13.0. The molecular weight excluding hydrogens is 328 g/mol. The summed E-state index contributed by atoms with van der Waals surface area (Å²) in [5.41, 5.74) is 1.61. The molecule has 6 nitrogen and oxygen atoms in total. The van der Waals surface area contributed by atoms with Gasteiger partial charge in [0.25, 0.3) is 5.91 Å². The van der Waals surface area contributed by atoms with Gasteiger partial charge in [0, 0.05) is 5.92 Å². The van der Waals surface area contributed by atoms with Gasteiger partial charge in [-0.2, -0.15) is 0 Å². The second kappa shape index (κ2) is 6.05. The Morgan fingerprint density at radius 3 is 2.75 bits per heavy atom. The molecule has 0 saturated carbocycles. The summed E-state index contributed by atoms with van der Waals surface area (Å²) in [6.07, 6.45) is 0.354. The Morgan fingerprint density at radius 1 is 1.33 bits per heavy atom. The lowest BCUT2D eigenvalue weighted by Crippen LogP contribution is -2.34. The van der Waals surface area contributed by atoms with Gasteiger partial charge in [0.1, 0.15) is 5.56 Å². The third kappa shape index (κ3) is 2.84. The largest absolute Gasteiger partial charge is 0.360 e. The van der Waals surface area contributed by atoms with Crippen molar-refractivity contribution >= 4 is 15.7 Å². The van der Waals surface area contributed by atoms with Crippen molar-refractivity contribution < 1.29 is 17.7 Å². The van der Waals surface area contributed by atoms with E-state index in [9.17, 15) is 13.2 Å². The lowest BCUT2D eigenvalue weighted by atomic mass is 10.0. The Bertz CT molecular complexity index is 884. The number of nitrogens with zero attached hydrogens (tertiary/aromatic N) is 1. The first-order valence-electron chi connectivity index (χ1n) is 7.90. The number of amides is 1. The van der Waals surface area contributed by atoms with E-state index in [0.717, 1.165) is 0 Å². The van der Waals surface area contributed by atoms with Crippen LogP contribution in [0.5, 0.6) is 0 Å². The Kier molecular flexibility index (Phi) is 4.21. The Labute approximate surface area is 141 Å². The summed E-state index contributed by atoms with van der Waals surface area (Å²) >= 11 is 0. The molecule has 24 heavy (non-hydrogen) atoms. The molecule has 0 fully saturated rings. The molecule has 1 N–H and O–H groups in total. The molecule has 0 bridgehead atoms. The molecule has 1 aromatic heterocycles. The molecule has 0 aliphatic carbocycles. The van der Waals surface area contributed by atoms with Crippen LogP contribution in [0.3, 0.4) is 0 Å². The normalized spacial score (nSPS) is 19.1. The number of rotatable bonds is 3. The molecule has 1 atom stereocenters. The predicted octanol–water partition coefficient (Wildman–Crippen LogP) is 2.75. The molecule has 1 amide bonds. The van der Waals surface area contributed by atoms with Crippen molar-refractivity contribution in [2.24, 2.45) is 0 Å². The smallest absolute Gasteiger partial charge is 0.257 e. The zero-order chi connectivity index (χ0) is 17.5. The number of benzene rings is 1. The van der Waals surface area contributed by atoms with Crippen LogP contribution in [0.25, 0.3) is 0 Å². The third-order valence-electron chi connectivity index (χ3n) is 4.25. The molecular formula is C17H20N2O4S. The van der Waals surface area contributed by atoms with E-state index in [-0.39, 0.29) is 23.6 Å². The van der Waals surface area contributed by atoms with Crippen LogP contribution >= 0.6 is 0 Å². The van der Waals surface area contributed by atoms with Gasteiger partial charge in [-0.3, -0.25) is 4.79 Å². The molecule has 0 unspecified atom stereocenters. The number of aryl methyl sites for hydroxylation is 1. The Balaban J connectivity index is 1.93. The topological polar surface area (TPSA) is 89.3 Å². The third-order valence-corrected chi connectivity index (χ3v) is 6.07. The number of sulfone groups is 1. The first kappa shape index (κ1) is 16.7. The lowest BCUT2D eigenvalue weighted by Gasteiger charge is -2.26. The fourth-order valence-electron chi connectivity index (χ4n) is 3.03. The van der Waals surface area contributed by atoms with Crippen molar-refractivity contribution in [2.75, 3.05) is 5.75 Å². The minimum absolute atomic E-state index is 0.0224. The van der Waals surface area contributed by atoms with Crippen molar-refractivity contribution in [3.05, 3.63) is 46.8 Å². The van der Waals surface area contributed by atoms with Crippen LogP contribution in [0.4, 0.5) is 0 Å². The molecule has 1 aliphatic heterocycles. The highest BCUT2D eigenvalue weighted by Crippen LogP contribution is 2.32. The average Bonchev–Trinajstić information content (AvgIpc) is 2.92. The first-order valence-corrected chi connectivity index (χ1v) is 9.55. The quantitative estimate of drug-likeness (QED) is 0.921. The summed E-state index contributed by atoms with van der Waals surface area (Å²) in [6, 6.07) is 6.48. The van der Waals surface area contributed by atoms with Gasteiger partial charge in [0.15, 0.2) is 15.6 Å². The molecule has 2 heterocycles. The average molecular weight is 348 g/mol. The van der Waals surface area contributed by atoms with Crippen molar-refractivity contribution in [3.63, 3.8) is 0 Å². The summed E-state index contributed by atoms with van der Waals surface area (Å²) < 4.78 is 29.6. The molecule has 1 aromatic carbocycles. The van der Waals surface area contributed by atoms with E-state index in [0.29, 0.717) is 33.9 Å². The van der Waals surface area contributed by atoms with Gasteiger partial charge in [-0.1, -0.05) is 37.2 Å². The summed E-state index contributed by atoms with van der Waals surface area (Å²) in [5.74, 6) is 0.318. The molecule has 0 spiro atoms. The van der Waals surface area contributed by atoms with Gasteiger partial charge < -0.3 is 9.84 Å². The number of nitrogens with one attached hydrogen (secondary N) is 1. The van der Waals surface area contributed by atoms with Gasteiger partial charge in [0.05, 0.1) is 22.4 Å². The van der Waals surface area contributed by atoms with Crippen molar-refractivity contribution in [1.29, 1.82) is 0 Å². The van der Waals surface area contributed by atoms with Crippen molar-refractivity contribution in [2.45, 2.75) is 44.0 Å². The number of fused-ring (bicyclic) bond motifs is 1. The number of hydrogen-bond donors (Lipinski definition) is 1. The van der Waals surface area contributed by atoms with Crippen LogP contribution in [-0.4, -0.2) is 25.2 Å². The Hall–Kier alpha value is -2.15. The van der Waals surface area contributed by atoms with E-state index >= 15 is 0 Å². The highest BCUT2D eigenvalue weighted by molar-refractivity contribution is 7.91. The number of carbonyl (C=O) groups is 1. The van der Waals surface area contributed by atoms with E-state index in [1.54, 1.807) is 31.2 Å². The summed E-state index contributed by atoms with van der Waals surface area (Å²) in [7, 11) is -3.28. The first-order chi connectivity index (χ1) is 11.3. The highest BCUT2D eigenvalue weighted by Gasteiger charge is 2.32. The van der Waals surface area contributed by atoms with Crippen LogP contribution in [0.15, 0.2) is 33.7 Å². The van der Waals surface area contributed by atoms with E-state index < -0.39 is 9.84 Å². The van der Waals surface area contributed by atoms with Gasteiger partial charge in [-0.15, -0.1) is 0 Å². The van der Waals surface area contributed by atoms with Crippen LogP contribution in [0.1, 0.15) is 59.6 Å². The monoisotopic (exact) mass is 348 g/mol. The molecule has 3 rings (SSSR count). The van der Waals surface area contributed by atoms with E-state index in [1.165, 1.54) is 0 Å². The van der Waals surface area contributed by atoms with E-state index in [4.69, 9.17) is 4.52 Å². The number of carbonyl (C=O) groups excluding carboxylic acids is 1. The predicted molar refractivity (Wildman–Crippen MR) is 88.6 cm³/mol. The maximum absolute atomic E-state index is 12.7. The second-order valence-corrected chi connectivity index (χ2v) is 8.41. The van der Waals surface area contributed by atoms with Gasteiger partial charge in [-0.25, -0.2) is 8.42 Å². The van der Waals surface area contributed by atoms with Gasteiger partial charge in [-0.05, 0) is 25.0 Å². The van der Waals surface area contributed by atoms with Crippen molar-refractivity contribution in [3.8, 4) is 0 Å². The lowest BCUT2D eigenvalue weighted by molar-refractivity contribution is 0.0931. The molecule has 1 aliphatic rings. The molecule has 7 heteroatoms. The minimum Gasteiger partial charge on any atom is -0.360 e. The van der Waals surface area contributed by atoms with Crippen LogP contribution < -0.4 is 5.32 Å². The summed E-state index contributed by atoms with van der Waals surface area (Å²) in [5, 5.41) is 6.84. The Morgan fingerprint density at radius 2 is 2.04 bits per heavy atom. The SMILES string of the molecule is Cc1noc(C(C)C)c1C(=O)N[C@H]1CCS(=O)(=O)c2ccccc21. The second-order valence-electron chi connectivity index (χ2n) is 6.33. The molecule has 0 saturated heterocycles. The van der Waals surface area contributed by atoms with Gasteiger partial charge >= 0.3 is 0 Å². The fourth-order valence-corrected chi connectivity index (χ4v) is 4.65. The van der Waals surface area contributed by atoms with Crippen LogP contribution in [0.2, 0.25) is 0 Å². The van der Waals surface area contributed by atoms with Crippen LogP contribution in [0, 0.1) is 6.92 Å². The highest BCUT2D eigenvalue weighted by atomic mass is 32.2. The van der Waals surface area contributed by atoms with E-state index in [1.807, 2.05) is 13.8 Å². The molecule has 2 aromatic rings. The van der Waals surface area contributed by atoms with E-state index in [2.05, 4.69) is 10.5 Å². The maximum atomic E-state index is 12.7. The zero-order valence-corrected chi connectivity index (χ0v) is 14.7. The minimum atomic E-state index is -3.28. The standard InChI is InChI=1S/C17H20N2O4S/c1-10(2)16-15(11(3)19-23-16)17(20)18-13-8-9-24(21,22)14-7-5-4-6-12(13)14/h4-7,10,13H,8-9H2,1-3H3,(H,18,20)/t13-/m0/s1. The van der Waals surface area contributed by atoms with Crippen molar-refractivity contribution in [1.82, 2.24) is 10.5 Å². The number of aromatic nitrogens is 1. The molecule has 0 radical (unpaired) electrons. The maximum Gasteiger partial charge on any atom is 0.257 e. The van der Waals surface area contributed by atoms with Gasteiger partial charge in [0.2, 0.25) is 0 Å². The zero-order valence-electron chi connectivity index (χ0n) is 13.9. The summed E-state index contributed by atoms with van der Waals surface area (Å²) in [6.45, 7) is 5.59. The van der Waals surface area contributed by atoms with Crippen LogP contribution in [-0.2, 0) is 9.84 Å². The molecule has 128 valence electrons.